The van der Waals surface area contributed by atoms with Gasteiger partial charge in [0.15, 0.2) is 11.6 Å². The van der Waals surface area contributed by atoms with Crippen molar-refractivity contribution in [1.82, 2.24) is 0 Å². The molecule has 0 spiro atoms. The topological polar surface area (TPSA) is 57.9 Å². The van der Waals surface area contributed by atoms with Crippen LogP contribution >= 0.6 is 30.1 Å². The van der Waals surface area contributed by atoms with Gasteiger partial charge in [-0.05, 0) is 62.7 Å². The van der Waals surface area contributed by atoms with Crippen molar-refractivity contribution in [3.8, 4) is 17.2 Å². The molecule has 0 aliphatic heterocycles. The van der Waals surface area contributed by atoms with Gasteiger partial charge in [-0.25, -0.2) is 0 Å². The largest absolute Gasteiger partial charge is 0.294 e. The molecule has 0 bridgehead atoms. The van der Waals surface area contributed by atoms with Crippen molar-refractivity contribution >= 4 is 41.7 Å². The van der Waals surface area contributed by atoms with Crippen LogP contribution in [-0.2, 0) is 9.59 Å². The molecule has 0 saturated heterocycles. The minimum absolute atomic E-state index is 0.0659. The van der Waals surface area contributed by atoms with Crippen LogP contribution in [0, 0.1) is 45.2 Å². The van der Waals surface area contributed by atoms with Gasteiger partial charge in [0.1, 0.15) is 6.07 Å². The average Bonchev–Trinajstić information content (AvgIpc) is 2.72. The van der Waals surface area contributed by atoms with Gasteiger partial charge in [0.2, 0.25) is 0 Å². The van der Waals surface area contributed by atoms with Gasteiger partial charge in [-0.2, -0.15) is 5.26 Å². The lowest BCUT2D eigenvalue weighted by atomic mass is 9.48. The Morgan fingerprint density at radius 1 is 1.31 bits per heavy atom. The number of allylic oxidation sites excluding steroid dienone is 6. The Morgan fingerprint density at radius 3 is 2.59 bits per heavy atom. The molecule has 5 heteroatoms. The second-order valence-electron chi connectivity index (χ2n) is 7.87. The van der Waals surface area contributed by atoms with Gasteiger partial charge in [0.25, 0.3) is 0 Å². The predicted molar refractivity (Wildman–Crippen MR) is 128 cm³/mol. The van der Waals surface area contributed by atoms with Crippen LogP contribution in [0.1, 0.15) is 60.3 Å². The summed E-state index contributed by atoms with van der Waals surface area (Å²) in [7, 11) is 1.41. The summed E-state index contributed by atoms with van der Waals surface area (Å²) in [4.78, 5) is 25.4. The number of nitrogens with zero attached hydrogens (tertiary/aromatic N) is 1. The van der Waals surface area contributed by atoms with Crippen LogP contribution in [0.5, 0.6) is 0 Å². The van der Waals surface area contributed by atoms with E-state index in [9.17, 15) is 14.9 Å². The Kier molecular flexibility index (Phi) is 7.99. The molecule has 4 unspecified atom stereocenters. The van der Waals surface area contributed by atoms with E-state index in [1.165, 1.54) is 8.93 Å². The van der Waals surface area contributed by atoms with Crippen LogP contribution < -0.4 is 0 Å². The van der Waals surface area contributed by atoms with Crippen molar-refractivity contribution in [2.75, 3.05) is 0 Å². The first-order chi connectivity index (χ1) is 13.8. The molecule has 3 nitrogen and oxygen atoms in total. The van der Waals surface area contributed by atoms with Crippen LogP contribution in [0.4, 0.5) is 0 Å². The minimum Gasteiger partial charge on any atom is -0.294 e. The number of carbonyl (C=O) groups is 2. The van der Waals surface area contributed by atoms with Gasteiger partial charge in [-0.15, -0.1) is 0 Å². The lowest BCUT2D eigenvalue weighted by Crippen LogP contribution is -2.49. The van der Waals surface area contributed by atoms with E-state index < -0.39 is 10.8 Å². The number of rotatable bonds is 2. The number of Topliss-reactive ketones (excluding diaryl/α,β-unsaturated/α-hetero) is 1. The first-order valence-corrected chi connectivity index (χ1v) is 13.6. The fraction of sp³-hybridized carbons (Fsp3) is 0.542. The maximum Gasteiger partial charge on any atom is 0.196 e. The Labute approximate surface area is 191 Å². The number of hydrogen-bond donors (Lipinski definition) is 0. The zero-order chi connectivity index (χ0) is 21.8. The maximum absolute atomic E-state index is 12.8. The third kappa shape index (κ3) is 4.14. The molecule has 4 atom stereocenters. The molecule has 1 fully saturated rings. The predicted octanol–water partition coefficient (Wildman–Crippen LogP) is 6.36. The molecule has 0 amide bonds. The lowest BCUT2D eigenvalue weighted by Gasteiger charge is -2.53. The van der Waals surface area contributed by atoms with Crippen molar-refractivity contribution in [2.45, 2.75) is 60.3 Å². The van der Waals surface area contributed by atoms with Crippen LogP contribution in [0.2, 0.25) is 0 Å². The SMILES string of the molecule is CC.CCCC1=CC2(C)C3=CC(=O)C(C#N)=CC3(C#CSI)CCC2C(C)C1=O. The average molecular weight is 521 g/mol. The van der Waals surface area contributed by atoms with Gasteiger partial charge in [0, 0.05) is 32.5 Å². The number of halogens is 1. The van der Waals surface area contributed by atoms with Gasteiger partial charge in [-0.1, -0.05) is 53.0 Å². The fourth-order valence-corrected chi connectivity index (χ4v) is 5.70. The smallest absolute Gasteiger partial charge is 0.196 e. The van der Waals surface area contributed by atoms with Crippen LogP contribution in [0.3, 0.4) is 0 Å². The van der Waals surface area contributed by atoms with E-state index >= 15 is 0 Å². The zero-order valence-corrected chi connectivity index (χ0v) is 20.7. The Balaban J connectivity index is 0.00000145. The summed E-state index contributed by atoms with van der Waals surface area (Å²) in [6, 6.07) is 2.04. The Morgan fingerprint density at radius 2 is 2.00 bits per heavy atom. The number of nitriles is 1. The summed E-state index contributed by atoms with van der Waals surface area (Å²) < 4.78 is 0. The molecule has 29 heavy (non-hydrogen) atoms. The summed E-state index contributed by atoms with van der Waals surface area (Å²) in [6.45, 7) is 10.2. The molecule has 1 saturated carbocycles. The molecule has 0 aromatic rings. The Bertz CT molecular complexity index is 898. The van der Waals surface area contributed by atoms with Crippen molar-refractivity contribution in [2.24, 2.45) is 22.7 Å². The summed E-state index contributed by atoms with van der Waals surface area (Å²) in [5.41, 5.74) is 1.01. The van der Waals surface area contributed by atoms with E-state index in [0.717, 1.165) is 36.8 Å². The normalized spacial score (nSPS) is 32.7. The highest BCUT2D eigenvalue weighted by atomic mass is 127. The fourth-order valence-electron chi connectivity index (χ4n) is 5.15. The van der Waals surface area contributed by atoms with Crippen molar-refractivity contribution in [3.63, 3.8) is 0 Å². The van der Waals surface area contributed by atoms with Crippen LogP contribution in [0.15, 0.2) is 34.9 Å². The molecule has 0 heterocycles. The first-order valence-electron chi connectivity index (χ1n) is 10.3. The second-order valence-corrected chi connectivity index (χ2v) is 9.55. The van der Waals surface area contributed by atoms with E-state index in [1.807, 2.05) is 26.8 Å². The molecule has 0 N–H and O–H groups in total. The molecule has 3 aliphatic rings. The summed E-state index contributed by atoms with van der Waals surface area (Å²) in [5, 5.41) is 12.5. The minimum atomic E-state index is -0.601. The highest BCUT2D eigenvalue weighted by Gasteiger charge is 2.55. The third-order valence-electron chi connectivity index (χ3n) is 6.37. The first kappa shape index (κ1) is 24.0. The number of fused-ring (bicyclic) bond motifs is 3. The number of hydrogen-bond acceptors (Lipinski definition) is 4. The molecule has 3 rings (SSSR count). The van der Waals surface area contributed by atoms with Crippen molar-refractivity contribution < 1.29 is 9.59 Å². The van der Waals surface area contributed by atoms with E-state index in [1.54, 1.807) is 12.2 Å². The monoisotopic (exact) mass is 521 g/mol. The van der Waals surface area contributed by atoms with E-state index in [0.29, 0.717) is 0 Å². The molecule has 0 aromatic carbocycles. The van der Waals surface area contributed by atoms with E-state index in [-0.39, 0.29) is 29.0 Å². The summed E-state index contributed by atoms with van der Waals surface area (Å²) in [5.74, 6) is 3.44. The van der Waals surface area contributed by atoms with Gasteiger partial charge < -0.3 is 0 Å². The summed E-state index contributed by atoms with van der Waals surface area (Å²) in [6.07, 6.45) is 8.78. The number of carbonyl (C=O) groups excluding carboxylic acids is 2. The Hall–Kier alpha value is -1.31. The highest BCUT2D eigenvalue weighted by molar-refractivity contribution is 14.2. The number of ketones is 2. The van der Waals surface area contributed by atoms with Crippen molar-refractivity contribution in [3.05, 3.63) is 34.9 Å². The highest BCUT2D eigenvalue weighted by Crippen LogP contribution is 2.60. The molecule has 0 radical (unpaired) electrons. The quantitative estimate of drug-likeness (QED) is 0.313. The zero-order valence-electron chi connectivity index (χ0n) is 17.8. The van der Waals surface area contributed by atoms with Gasteiger partial charge >= 0.3 is 0 Å². The van der Waals surface area contributed by atoms with Gasteiger partial charge in [-0.3, -0.25) is 9.59 Å². The molecular weight excluding hydrogens is 493 g/mol. The van der Waals surface area contributed by atoms with Crippen LogP contribution in [-0.4, -0.2) is 11.6 Å². The van der Waals surface area contributed by atoms with Crippen LogP contribution in [0.25, 0.3) is 0 Å². The van der Waals surface area contributed by atoms with Gasteiger partial charge in [0.05, 0.1) is 11.0 Å². The summed E-state index contributed by atoms with van der Waals surface area (Å²) >= 11 is 2.14. The standard InChI is InChI=1S/C22H22INO2S.C2H6/c1-4-5-15-11-21(3)17(14(2)20(15)26)6-7-22(8-9-27-23)12-16(13-24)18(25)10-19(21)22;1-2/h10-12,14,17H,4-7H2,1-3H3;1-2H3. The third-order valence-corrected chi connectivity index (χ3v) is 7.21. The molecule has 0 aromatic heterocycles. The molecular formula is C24H28INO2S. The molecule has 154 valence electrons. The van der Waals surface area contributed by atoms with Crippen molar-refractivity contribution in [1.29, 1.82) is 5.26 Å². The van der Waals surface area contributed by atoms with E-state index in [2.05, 4.69) is 52.3 Å². The second kappa shape index (κ2) is 9.67. The molecule has 3 aliphatic carbocycles. The lowest BCUT2D eigenvalue weighted by molar-refractivity contribution is -0.123. The van der Waals surface area contributed by atoms with E-state index in [4.69, 9.17) is 0 Å². The maximum atomic E-state index is 12.8.